The van der Waals surface area contributed by atoms with Crippen LogP contribution in [0.15, 0.2) is 48.2 Å². The Morgan fingerprint density at radius 3 is 2.56 bits per heavy atom. The van der Waals surface area contributed by atoms with Gasteiger partial charge in [-0.1, -0.05) is 49.1 Å². The van der Waals surface area contributed by atoms with Gasteiger partial charge in [0, 0.05) is 11.1 Å². The topological polar surface area (TPSA) is 50.8 Å². The van der Waals surface area contributed by atoms with Crippen molar-refractivity contribution >= 4 is 40.9 Å². The Bertz CT molecular complexity index is 1020. The van der Waals surface area contributed by atoms with Gasteiger partial charge in [-0.05, 0) is 73.5 Å². The Hall–Kier alpha value is -2.57. The van der Waals surface area contributed by atoms with E-state index in [1.54, 1.807) is 4.90 Å². The highest BCUT2D eigenvalue weighted by Crippen LogP contribution is 2.31. The molecule has 32 heavy (non-hydrogen) atoms. The fraction of sp³-hybridized carbons (Fsp3) is 0.360. The van der Waals surface area contributed by atoms with Crippen LogP contribution in [-0.4, -0.2) is 28.6 Å². The van der Waals surface area contributed by atoms with Crippen LogP contribution < -0.4 is 14.8 Å². The minimum Gasteiger partial charge on any atom is -0.490 e. The maximum Gasteiger partial charge on any atom is 0.276 e. The van der Waals surface area contributed by atoms with Gasteiger partial charge in [0.05, 0.1) is 6.61 Å². The molecule has 0 atom stereocenters. The van der Waals surface area contributed by atoms with Crippen LogP contribution in [0.1, 0.15) is 50.2 Å². The number of thiocarbonyl (C=S) groups is 1. The number of amides is 1. The van der Waals surface area contributed by atoms with Crippen LogP contribution in [0.2, 0.25) is 5.02 Å². The summed E-state index contributed by atoms with van der Waals surface area (Å²) in [7, 11) is 0. The van der Waals surface area contributed by atoms with E-state index in [2.05, 4.69) is 5.32 Å². The van der Waals surface area contributed by atoms with Gasteiger partial charge >= 0.3 is 0 Å². The lowest BCUT2D eigenvalue weighted by Gasteiger charge is -2.29. The van der Waals surface area contributed by atoms with Gasteiger partial charge in [0.1, 0.15) is 12.3 Å². The van der Waals surface area contributed by atoms with Crippen molar-refractivity contribution in [1.29, 1.82) is 0 Å². The Balaban J connectivity index is 1.50. The third-order valence-electron chi connectivity index (χ3n) is 5.74. The van der Waals surface area contributed by atoms with Gasteiger partial charge in [0.15, 0.2) is 16.6 Å². The molecule has 0 radical (unpaired) electrons. The maximum absolute atomic E-state index is 13.0. The lowest BCUT2D eigenvalue weighted by Crippen LogP contribution is -2.41. The van der Waals surface area contributed by atoms with Crippen molar-refractivity contribution in [1.82, 2.24) is 10.2 Å². The average molecular weight is 471 g/mol. The molecule has 0 spiro atoms. The summed E-state index contributed by atoms with van der Waals surface area (Å²) in [5.74, 6) is 1.23. The molecule has 2 aromatic carbocycles. The van der Waals surface area contributed by atoms with E-state index in [4.69, 9.17) is 33.3 Å². The molecule has 1 heterocycles. The first-order chi connectivity index (χ1) is 15.5. The lowest BCUT2D eigenvalue weighted by molar-refractivity contribution is -0.124. The number of benzene rings is 2. The minimum atomic E-state index is -0.0528. The Kier molecular flexibility index (Phi) is 7.33. The molecule has 2 aromatic rings. The summed E-state index contributed by atoms with van der Waals surface area (Å²) in [6.07, 6.45) is 7.36. The molecule has 7 heteroatoms. The monoisotopic (exact) mass is 470 g/mol. The molecule has 2 fully saturated rings. The predicted octanol–water partition coefficient (Wildman–Crippen LogP) is 5.71. The van der Waals surface area contributed by atoms with Crippen molar-refractivity contribution < 1.29 is 14.3 Å². The average Bonchev–Trinajstić information content (AvgIpc) is 3.08. The van der Waals surface area contributed by atoms with Gasteiger partial charge in [-0.15, -0.1) is 0 Å². The SMILES string of the molecule is CCOc1cc(/C=C2\NC(=S)N(C3CCCCC3)C2=O)ccc1OCc1ccc(Cl)cc1. The highest BCUT2D eigenvalue weighted by Gasteiger charge is 2.36. The fourth-order valence-electron chi connectivity index (χ4n) is 4.13. The molecule has 0 unspecified atom stereocenters. The van der Waals surface area contributed by atoms with E-state index in [0.717, 1.165) is 36.8 Å². The second-order valence-electron chi connectivity index (χ2n) is 8.01. The van der Waals surface area contributed by atoms with Crippen LogP contribution in [0.25, 0.3) is 6.08 Å². The molecule has 5 nitrogen and oxygen atoms in total. The van der Waals surface area contributed by atoms with Gasteiger partial charge in [0.25, 0.3) is 5.91 Å². The molecular formula is C25H27ClN2O3S. The first kappa shape index (κ1) is 22.6. The zero-order valence-corrected chi connectivity index (χ0v) is 19.7. The molecule has 1 saturated carbocycles. The third kappa shape index (κ3) is 5.25. The molecule has 1 aliphatic carbocycles. The number of nitrogens with one attached hydrogen (secondary N) is 1. The second kappa shape index (κ2) is 10.4. The van der Waals surface area contributed by atoms with Crippen molar-refractivity contribution in [2.24, 2.45) is 0 Å². The summed E-state index contributed by atoms with van der Waals surface area (Å²) < 4.78 is 11.8. The number of ether oxygens (including phenoxy) is 2. The highest BCUT2D eigenvalue weighted by atomic mass is 35.5. The summed E-state index contributed by atoms with van der Waals surface area (Å²) in [6, 6.07) is 13.4. The number of rotatable bonds is 7. The van der Waals surface area contributed by atoms with Gasteiger partial charge in [0.2, 0.25) is 0 Å². The van der Waals surface area contributed by atoms with Gasteiger partial charge in [-0.3, -0.25) is 9.69 Å². The first-order valence-corrected chi connectivity index (χ1v) is 11.8. The van der Waals surface area contributed by atoms with Gasteiger partial charge in [-0.2, -0.15) is 0 Å². The third-order valence-corrected chi connectivity index (χ3v) is 6.29. The van der Waals surface area contributed by atoms with E-state index in [1.165, 1.54) is 6.42 Å². The van der Waals surface area contributed by atoms with Crippen molar-refractivity contribution in [2.45, 2.75) is 51.7 Å². The number of hydrogen-bond donors (Lipinski definition) is 1. The van der Waals surface area contributed by atoms with Crippen molar-refractivity contribution in [2.75, 3.05) is 6.61 Å². The smallest absolute Gasteiger partial charge is 0.276 e. The molecule has 4 rings (SSSR count). The van der Waals surface area contributed by atoms with Gasteiger partial charge in [-0.25, -0.2) is 0 Å². The van der Waals surface area contributed by atoms with Crippen LogP contribution in [0.5, 0.6) is 11.5 Å². The number of nitrogens with zero attached hydrogens (tertiary/aromatic N) is 1. The van der Waals surface area contributed by atoms with E-state index in [0.29, 0.717) is 40.5 Å². The summed E-state index contributed by atoms with van der Waals surface area (Å²) in [5.41, 5.74) is 2.36. The standard InChI is InChI=1S/C25H27ClN2O3S/c1-2-30-23-15-18(10-13-22(23)31-16-17-8-11-19(26)12-9-17)14-21-24(29)28(25(32)27-21)20-6-4-3-5-7-20/h8-15,20H,2-7,16H2,1H3,(H,27,32)/b21-14-. The van der Waals surface area contributed by atoms with Gasteiger partial charge < -0.3 is 14.8 Å². The van der Waals surface area contributed by atoms with E-state index in [-0.39, 0.29) is 11.9 Å². The molecule has 1 saturated heterocycles. The van der Waals surface area contributed by atoms with Crippen LogP contribution >= 0.6 is 23.8 Å². The van der Waals surface area contributed by atoms with Crippen LogP contribution in [0.4, 0.5) is 0 Å². The highest BCUT2D eigenvalue weighted by molar-refractivity contribution is 7.80. The fourth-order valence-corrected chi connectivity index (χ4v) is 4.60. The summed E-state index contributed by atoms with van der Waals surface area (Å²) >= 11 is 11.4. The Morgan fingerprint density at radius 1 is 1.09 bits per heavy atom. The number of carbonyl (C=O) groups excluding carboxylic acids is 1. The van der Waals surface area contributed by atoms with Crippen LogP contribution in [-0.2, 0) is 11.4 Å². The summed E-state index contributed by atoms with van der Waals surface area (Å²) in [4.78, 5) is 14.8. The Morgan fingerprint density at radius 2 is 1.84 bits per heavy atom. The number of hydrogen-bond acceptors (Lipinski definition) is 4. The number of carbonyl (C=O) groups is 1. The van der Waals surface area contributed by atoms with E-state index in [9.17, 15) is 4.79 Å². The van der Waals surface area contributed by atoms with Crippen LogP contribution in [0.3, 0.4) is 0 Å². The van der Waals surface area contributed by atoms with E-state index < -0.39 is 0 Å². The predicted molar refractivity (Wildman–Crippen MR) is 131 cm³/mol. The molecule has 0 aromatic heterocycles. The first-order valence-electron chi connectivity index (χ1n) is 11.1. The van der Waals surface area contributed by atoms with E-state index >= 15 is 0 Å². The summed E-state index contributed by atoms with van der Waals surface area (Å²) in [5, 5.41) is 4.30. The minimum absolute atomic E-state index is 0.0528. The maximum atomic E-state index is 13.0. The van der Waals surface area contributed by atoms with E-state index in [1.807, 2.05) is 55.5 Å². The van der Waals surface area contributed by atoms with Crippen molar-refractivity contribution in [3.05, 3.63) is 64.3 Å². The zero-order valence-electron chi connectivity index (χ0n) is 18.1. The molecule has 0 bridgehead atoms. The van der Waals surface area contributed by atoms with Crippen LogP contribution in [0, 0.1) is 0 Å². The summed E-state index contributed by atoms with van der Waals surface area (Å²) in [6.45, 7) is 2.84. The normalized spacial score (nSPS) is 18.2. The molecular weight excluding hydrogens is 444 g/mol. The molecule has 2 aliphatic rings. The largest absolute Gasteiger partial charge is 0.490 e. The van der Waals surface area contributed by atoms with Crippen molar-refractivity contribution in [3.63, 3.8) is 0 Å². The molecule has 168 valence electrons. The number of halogens is 1. The second-order valence-corrected chi connectivity index (χ2v) is 8.83. The zero-order chi connectivity index (χ0) is 22.5. The molecule has 1 aliphatic heterocycles. The molecule has 1 amide bonds. The lowest BCUT2D eigenvalue weighted by atomic mass is 9.94. The van der Waals surface area contributed by atoms with Crippen molar-refractivity contribution in [3.8, 4) is 11.5 Å². The molecule has 1 N–H and O–H groups in total. The Labute approximate surface area is 199 Å². The quantitative estimate of drug-likeness (QED) is 0.415.